The number of carbonyl (C=O) groups is 1. The number of para-hydroxylation sites is 1. The molecule has 0 aliphatic heterocycles. The van der Waals surface area contributed by atoms with Crippen molar-refractivity contribution in [1.82, 2.24) is 9.88 Å². The quantitative estimate of drug-likeness (QED) is 0.734. The molecule has 0 spiro atoms. The summed E-state index contributed by atoms with van der Waals surface area (Å²) < 4.78 is 6.21. The lowest BCUT2D eigenvalue weighted by Gasteiger charge is -2.22. The van der Waals surface area contributed by atoms with Crippen LogP contribution in [0.3, 0.4) is 0 Å². The van der Waals surface area contributed by atoms with Gasteiger partial charge in [-0.25, -0.2) is 4.98 Å². The Morgan fingerprint density at radius 2 is 2.18 bits per heavy atom. The number of carbonyl (C=O) groups excluding carboxylic acids is 1. The normalized spacial score (nSPS) is 11.6. The van der Waals surface area contributed by atoms with Gasteiger partial charge in [-0.1, -0.05) is 26.0 Å². The van der Waals surface area contributed by atoms with Gasteiger partial charge in [0.15, 0.2) is 0 Å². The van der Waals surface area contributed by atoms with Crippen molar-refractivity contribution < 1.29 is 9.53 Å². The minimum atomic E-state index is 0.00464. The second kappa shape index (κ2) is 8.06. The first-order valence-electron chi connectivity index (χ1n) is 7.41. The van der Waals surface area contributed by atoms with E-state index in [-0.39, 0.29) is 5.91 Å². The standard InChI is InChI=1S/C17H22N2O2S/c1-13(2)12-19(10-11-21-3)17(20)9-8-16-18-14-6-4-5-7-15(14)22-16/h4-9,13H,10-12H2,1-3H3/b9-8+. The number of fused-ring (bicyclic) bond motifs is 1. The molecule has 5 heteroatoms. The first-order valence-corrected chi connectivity index (χ1v) is 8.23. The van der Waals surface area contributed by atoms with Crippen LogP contribution < -0.4 is 0 Å². The van der Waals surface area contributed by atoms with Gasteiger partial charge in [0.1, 0.15) is 5.01 Å². The highest BCUT2D eigenvalue weighted by Gasteiger charge is 2.12. The first-order chi connectivity index (χ1) is 10.6. The zero-order valence-electron chi connectivity index (χ0n) is 13.3. The van der Waals surface area contributed by atoms with E-state index >= 15 is 0 Å². The van der Waals surface area contributed by atoms with Crippen molar-refractivity contribution in [2.24, 2.45) is 5.92 Å². The van der Waals surface area contributed by atoms with Crippen LogP contribution in [-0.4, -0.2) is 42.6 Å². The van der Waals surface area contributed by atoms with Gasteiger partial charge in [-0.2, -0.15) is 0 Å². The Kier molecular flexibility index (Phi) is 6.10. The van der Waals surface area contributed by atoms with Crippen LogP contribution in [0.4, 0.5) is 0 Å². The number of hydrogen-bond donors (Lipinski definition) is 0. The molecule has 0 aliphatic rings. The summed E-state index contributed by atoms with van der Waals surface area (Å²) in [5, 5.41) is 0.853. The van der Waals surface area contributed by atoms with Crippen molar-refractivity contribution >= 4 is 33.5 Å². The van der Waals surface area contributed by atoms with Crippen LogP contribution in [0.25, 0.3) is 16.3 Å². The molecule has 0 fully saturated rings. The van der Waals surface area contributed by atoms with Crippen LogP contribution in [-0.2, 0) is 9.53 Å². The summed E-state index contributed by atoms with van der Waals surface area (Å²) in [6.45, 7) is 6.09. The predicted octanol–water partition coefficient (Wildman–Crippen LogP) is 3.44. The summed E-state index contributed by atoms with van der Waals surface area (Å²) in [6.07, 6.45) is 3.41. The average Bonchev–Trinajstić information content (AvgIpc) is 2.91. The molecule has 1 aromatic carbocycles. The fraction of sp³-hybridized carbons (Fsp3) is 0.412. The van der Waals surface area contributed by atoms with E-state index < -0.39 is 0 Å². The monoisotopic (exact) mass is 318 g/mol. The van der Waals surface area contributed by atoms with Crippen molar-refractivity contribution in [2.75, 3.05) is 26.8 Å². The molecule has 0 N–H and O–H groups in total. The van der Waals surface area contributed by atoms with E-state index in [2.05, 4.69) is 18.8 Å². The SMILES string of the molecule is COCCN(CC(C)C)C(=O)/C=C/c1nc2ccccc2s1. The Hall–Kier alpha value is -1.72. The molecule has 1 heterocycles. The number of aromatic nitrogens is 1. The summed E-state index contributed by atoms with van der Waals surface area (Å²) in [6, 6.07) is 7.98. The Morgan fingerprint density at radius 1 is 1.41 bits per heavy atom. The van der Waals surface area contributed by atoms with Gasteiger partial charge in [0.2, 0.25) is 5.91 Å². The lowest BCUT2D eigenvalue weighted by Crippen LogP contribution is -2.35. The van der Waals surface area contributed by atoms with E-state index in [9.17, 15) is 4.79 Å². The molecule has 4 nitrogen and oxygen atoms in total. The molecule has 0 bridgehead atoms. The number of ether oxygens (including phenoxy) is 1. The van der Waals surface area contributed by atoms with Gasteiger partial charge in [0.05, 0.1) is 16.8 Å². The highest BCUT2D eigenvalue weighted by molar-refractivity contribution is 7.19. The summed E-state index contributed by atoms with van der Waals surface area (Å²) in [5.74, 6) is 0.432. The third-order valence-corrected chi connectivity index (χ3v) is 4.14. The number of rotatable bonds is 7. The summed E-state index contributed by atoms with van der Waals surface area (Å²) in [5.41, 5.74) is 0.970. The fourth-order valence-corrected chi connectivity index (χ4v) is 3.01. The van der Waals surface area contributed by atoms with Crippen molar-refractivity contribution in [3.8, 4) is 0 Å². The highest BCUT2D eigenvalue weighted by atomic mass is 32.1. The van der Waals surface area contributed by atoms with E-state index in [4.69, 9.17) is 4.74 Å². The number of methoxy groups -OCH3 is 1. The third-order valence-electron chi connectivity index (χ3n) is 3.14. The molecule has 22 heavy (non-hydrogen) atoms. The van der Waals surface area contributed by atoms with Gasteiger partial charge in [0, 0.05) is 26.3 Å². The molecule has 1 amide bonds. The highest BCUT2D eigenvalue weighted by Crippen LogP contribution is 2.22. The van der Waals surface area contributed by atoms with Crippen LogP contribution in [0.2, 0.25) is 0 Å². The van der Waals surface area contributed by atoms with Crippen LogP contribution in [0.15, 0.2) is 30.3 Å². The van der Waals surface area contributed by atoms with Gasteiger partial charge >= 0.3 is 0 Å². The van der Waals surface area contributed by atoms with Gasteiger partial charge in [0.25, 0.3) is 0 Å². The summed E-state index contributed by atoms with van der Waals surface area (Å²) >= 11 is 1.59. The van der Waals surface area contributed by atoms with Crippen molar-refractivity contribution in [3.05, 3.63) is 35.3 Å². The van der Waals surface area contributed by atoms with E-state index in [0.29, 0.717) is 19.1 Å². The molecule has 1 aromatic heterocycles. The molecule has 0 unspecified atom stereocenters. The minimum absolute atomic E-state index is 0.00464. The minimum Gasteiger partial charge on any atom is -0.383 e. The van der Waals surface area contributed by atoms with Crippen molar-refractivity contribution in [2.45, 2.75) is 13.8 Å². The number of amides is 1. The van der Waals surface area contributed by atoms with Crippen LogP contribution in [0, 0.1) is 5.92 Å². The number of thiazole rings is 1. The van der Waals surface area contributed by atoms with Gasteiger partial charge in [-0.3, -0.25) is 4.79 Å². The van der Waals surface area contributed by atoms with Crippen molar-refractivity contribution in [3.63, 3.8) is 0 Å². The van der Waals surface area contributed by atoms with Gasteiger partial charge in [-0.05, 0) is 24.1 Å². The maximum absolute atomic E-state index is 12.3. The molecule has 0 radical (unpaired) electrons. The zero-order valence-corrected chi connectivity index (χ0v) is 14.1. The molecule has 0 saturated heterocycles. The Bertz CT molecular complexity index is 616. The zero-order chi connectivity index (χ0) is 15.9. The second-order valence-corrected chi connectivity index (χ2v) is 6.59. The molecule has 0 aliphatic carbocycles. The number of hydrogen-bond acceptors (Lipinski definition) is 4. The molecule has 118 valence electrons. The van der Waals surface area contributed by atoms with Crippen molar-refractivity contribution in [1.29, 1.82) is 0 Å². The van der Waals surface area contributed by atoms with Gasteiger partial charge < -0.3 is 9.64 Å². The lowest BCUT2D eigenvalue weighted by molar-refractivity contribution is -0.127. The van der Waals surface area contributed by atoms with Crippen LogP contribution in [0.1, 0.15) is 18.9 Å². The van der Waals surface area contributed by atoms with E-state index in [1.165, 1.54) is 0 Å². The molecule has 2 aromatic rings. The van der Waals surface area contributed by atoms with E-state index in [0.717, 1.165) is 21.8 Å². The molecule has 2 rings (SSSR count). The largest absolute Gasteiger partial charge is 0.383 e. The number of nitrogens with zero attached hydrogens (tertiary/aromatic N) is 2. The maximum atomic E-state index is 12.3. The topological polar surface area (TPSA) is 42.4 Å². The molecule has 0 saturated carbocycles. The van der Waals surface area contributed by atoms with E-state index in [1.807, 2.05) is 29.2 Å². The number of benzene rings is 1. The lowest BCUT2D eigenvalue weighted by atomic mass is 10.2. The van der Waals surface area contributed by atoms with Crippen LogP contribution >= 0.6 is 11.3 Å². The fourth-order valence-electron chi connectivity index (χ4n) is 2.14. The molecule has 0 atom stereocenters. The average molecular weight is 318 g/mol. The third kappa shape index (κ3) is 4.64. The molecular formula is C17H22N2O2S. The Balaban J connectivity index is 2.06. The first kappa shape index (κ1) is 16.6. The Morgan fingerprint density at radius 3 is 2.86 bits per heavy atom. The summed E-state index contributed by atoms with van der Waals surface area (Å²) in [7, 11) is 1.65. The smallest absolute Gasteiger partial charge is 0.246 e. The second-order valence-electron chi connectivity index (χ2n) is 5.52. The maximum Gasteiger partial charge on any atom is 0.246 e. The van der Waals surface area contributed by atoms with Gasteiger partial charge in [-0.15, -0.1) is 11.3 Å². The van der Waals surface area contributed by atoms with Crippen LogP contribution in [0.5, 0.6) is 0 Å². The summed E-state index contributed by atoms with van der Waals surface area (Å²) in [4.78, 5) is 18.7. The Labute approximate surface area is 135 Å². The predicted molar refractivity (Wildman–Crippen MR) is 91.9 cm³/mol. The van der Waals surface area contributed by atoms with E-state index in [1.54, 1.807) is 30.6 Å². The molecular weight excluding hydrogens is 296 g/mol.